The van der Waals surface area contributed by atoms with E-state index in [1.165, 1.54) is 23.2 Å². The first-order valence-corrected chi connectivity index (χ1v) is 16.9. The summed E-state index contributed by atoms with van der Waals surface area (Å²) >= 11 is 0. The molecule has 1 saturated heterocycles. The van der Waals surface area contributed by atoms with Crippen LogP contribution in [0.15, 0.2) is 108 Å². The average molecular weight is 690 g/mol. The number of amides is 1. The summed E-state index contributed by atoms with van der Waals surface area (Å²) in [4.78, 5) is 56.1. The van der Waals surface area contributed by atoms with Gasteiger partial charge in [-0.25, -0.2) is 9.59 Å². The van der Waals surface area contributed by atoms with Crippen LogP contribution in [0.1, 0.15) is 76.6 Å². The summed E-state index contributed by atoms with van der Waals surface area (Å²) in [5.74, 6) is 3.00. The number of ketones is 2. The standard InChI is InChI=1S/C41H43N3O7/c1-40(2,3)41(38(47)48,37(46)31-19-17-29(18-20-31)26-43-42)51-35-23-22-33(25-32(35)21-16-28-11-6-4-7-12-28)36(45)34-15-10-24-44(34)39(49)50-27-30-13-8-5-9-14-30/h4-9,11-14,17-20,22-23,25-26,34H,10,15-16,21,24,27,42H2,1-3H3,(H,47,48)/t34-,41?/m0/s1. The molecule has 51 heavy (non-hydrogen) atoms. The molecule has 1 fully saturated rings. The summed E-state index contributed by atoms with van der Waals surface area (Å²) in [6.45, 7) is 5.41. The Morgan fingerprint density at radius 1 is 0.863 bits per heavy atom. The van der Waals surface area contributed by atoms with Gasteiger partial charge in [0.2, 0.25) is 5.78 Å². The largest absolute Gasteiger partial charge is 0.478 e. The Hall–Kier alpha value is -5.77. The van der Waals surface area contributed by atoms with E-state index in [1.54, 1.807) is 51.1 Å². The molecule has 0 aromatic heterocycles. The Labute approximate surface area is 297 Å². The van der Waals surface area contributed by atoms with Gasteiger partial charge in [0, 0.05) is 23.1 Å². The summed E-state index contributed by atoms with van der Waals surface area (Å²) in [6, 6.07) is 29.4. The van der Waals surface area contributed by atoms with Gasteiger partial charge in [0.15, 0.2) is 5.78 Å². The van der Waals surface area contributed by atoms with Gasteiger partial charge in [-0.15, -0.1) is 0 Å². The minimum Gasteiger partial charge on any atom is -0.478 e. The predicted octanol–water partition coefficient (Wildman–Crippen LogP) is 6.88. The number of hydrogen-bond acceptors (Lipinski definition) is 8. The molecule has 0 bridgehead atoms. The molecule has 1 aliphatic heterocycles. The molecule has 10 nitrogen and oxygen atoms in total. The lowest BCUT2D eigenvalue weighted by molar-refractivity contribution is -0.159. The number of rotatable bonds is 13. The normalized spacial score (nSPS) is 15.7. The zero-order chi connectivity index (χ0) is 36.6. The van der Waals surface area contributed by atoms with Gasteiger partial charge in [0.25, 0.3) is 5.60 Å². The number of likely N-dealkylation sites (tertiary alicyclic amines) is 1. The number of carbonyl (C=O) groups is 4. The summed E-state index contributed by atoms with van der Waals surface area (Å²) in [5, 5.41) is 14.3. The van der Waals surface area contributed by atoms with E-state index in [2.05, 4.69) is 5.10 Å². The van der Waals surface area contributed by atoms with Crippen molar-refractivity contribution in [1.82, 2.24) is 4.90 Å². The van der Waals surface area contributed by atoms with Crippen LogP contribution in [-0.2, 0) is 29.0 Å². The van der Waals surface area contributed by atoms with Crippen molar-refractivity contribution >= 4 is 29.8 Å². The number of hydrazone groups is 1. The maximum atomic E-state index is 14.2. The maximum Gasteiger partial charge on any atom is 0.410 e. The third-order valence-electron chi connectivity index (χ3n) is 9.20. The smallest absolute Gasteiger partial charge is 0.410 e. The number of nitrogens with zero attached hydrogens (tertiary/aromatic N) is 2. The first-order chi connectivity index (χ1) is 24.4. The van der Waals surface area contributed by atoms with E-state index in [0.29, 0.717) is 48.9 Å². The van der Waals surface area contributed by atoms with Crippen molar-refractivity contribution < 1.29 is 33.8 Å². The number of benzene rings is 4. The van der Waals surface area contributed by atoms with E-state index < -0.39 is 34.9 Å². The fourth-order valence-corrected chi connectivity index (χ4v) is 6.38. The maximum absolute atomic E-state index is 14.2. The van der Waals surface area contributed by atoms with Crippen LogP contribution in [0.5, 0.6) is 5.75 Å². The summed E-state index contributed by atoms with van der Waals surface area (Å²) in [7, 11) is 0. The van der Waals surface area contributed by atoms with Crippen LogP contribution in [-0.4, -0.2) is 58.0 Å². The second-order valence-corrected chi connectivity index (χ2v) is 13.6. The Morgan fingerprint density at radius 2 is 1.49 bits per heavy atom. The van der Waals surface area contributed by atoms with E-state index in [1.807, 2.05) is 60.7 Å². The van der Waals surface area contributed by atoms with E-state index in [4.69, 9.17) is 15.3 Å². The zero-order valence-electron chi connectivity index (χ0n) is 29.1. The van der Waals surface area contributed by atoms with Crippen molar-refractivity contribution in [2.75, 3.05) is 6.54 Å². The number of carbonyl (C=O) groups excluding carboxylic acids is 3. The van der Waals surface area contributed by atoms with Gasteiger partial charge in [0.1, 0.15) is 12.4 Å². The van der Waals surface area contributed by atoms with Gasteiger partial charge < -0.3 is 20.4 Å². The van der Waals surface area contributed by atoms with Crippen molar-refractivity contribution in [2.45, 2.75) is 64.7 Å². The van der Waals surface area contributed by atoms with E-state index in [9.17, 15) is 24.3 Å². The molecule has 1 aliphatic rings. The van der Waals surface area contributed by atoms with E-state index in [-0.39, 0.29) is 23.7 Å². The Morgan fingerprint density at radius 3 is 2.10 bits per heavy atom. The van der Waals surface area contributed by atoms with Gasteiger partial charge in [-0.2, -0.15) is 5.10 Å². The Kier molecular flexibility index (Phi) is 11.3. The number of hydrogen-bond donors (Lipinski definition) is 2. The molecule has 0 saturated carbocycles. The Bertz CT molecular complexity index is 1890. The van der Waals surface area contributed by atoms with Gasteiger partial charge in [0.05, 0.1) is 12.3 Å². The first-order valence-electron chi connectivity index (χ1n) is 16.9. The second kappa shape index (κ2) is 15.8. The highest BCUT2D eigenvalue weighted by Crippen LogP contribution is 2.40. The molecule has 1 unspecified atom stereocenters. The summed E-state index contributed by atoms with van der Waals surface area (Å²) < 4.78 is 12.0. The first kappa shape index (κ1) is 36.5. The molecule has 5 rings (SSSR count). The van der Waals surface area contributed by atoms with Gasteiger partial charge in [-0.3, -0.25) is 14.5 Å². The van der Waals surface area contributed by atoms with Crippen LogP contribution < -0.4 is 10.6 Å². The van der Waals surface area contributed by atoms with Crippen LogP contribution in [0.25, 0.3) is 0 Å². The highest BCUT2D eigenvalue weighted by Gasteiger charge is 2.58. The molecule has 10 heteroatoms. The molecule has 0 spiro atoms. The van der Waals surface area contributed by atoms with Crippen molar-refractivity contribution in [1.29, 1.82) is 0 Å². The van der Waals surface area contributed by atoms with Crippen molar-refractivity contribution in [3.8, 4) is 5.75 Å². The summed E-state index contributed by atoms with van der Waals surface area (Å²) in [5.41, 5.74) is -0.00921. The van der Waals surface area contributed by atoms with Gasteiger partial charge in [-0.1, -0.05) is 106 Å². The van der Waals surface area contributed by atoms with Crippen molar-refractivity contribution in [3.05, 3.63) is 137 Å². The number of aliphatic carboxylic acids is 1. The quantitative estimate of drug-likeness (QED) is 0.0508. The molecule has 4 aromatic rings. The number of carboxylic acids is 1. The lowest BCUT2D eigenvalue weighted by Crippen LogP contribution is -2.60. The zero-order valence-corrected chi connectivity index (χ0v) is 29.1. The lowest BCUT2D eigenvalue weighted by Gasteiger charge is -2.40. The van der Waals surface area contributed by atoms with E-state index in [0.717, 1.165) is 11.1 Å². The topological polar surface area (TPSA) is 149 Å². The minimum absolute atomic E-state index is 0.0939. The molecule has 4 aromatic carbocycles. The number of Topliss-reactive ketones (excluding diaryl/α,β-unsaturated/α-hetero) is 2. The van der Waals surface area contributed by atoms with Crippen LogP contribution in [0, 0.1) is 5.41 Å². The molecule has 3 N–H and O–H groups in total. The molecule has 0 radical (unpaired) electrons. The molecule has 1 amide bonds. The lowest BCUT2D eigenvalue weighted by atomic mass is 9.71. The monoisotopic (exact) mass is 689 g/mol. The molecular formula is C41H43N3O7. The number of ether oxygens (including phenoxy) is 2. The van der Waals surface area contributed by atoms with Gasteiger partial charge >= 0.3 is 12.1 Å². The predicted molar refractivity (Wildman–Crippen MR) is 194 cm³/mol. The van der Waals surface area contributed by atoms with Gasteiger partial charge in [-0.05, 0) is 66.1 Å². The SMILES string of the molecule is CC(C)(C)C(Oc1ccc(C(=O)[C@@H]2CCCN2C(=O)OCc2ccccc2)cc1CCc1ccccc1)(C(=O)O)C(=O)c1ccc(C=NN)cc1. The third-order valence-corrected chi connectivity index (χ3v) is 9.20. The van der Waals surface area contributed by atoms with Crippen molar-refractivity contribution in [2.24, 2.45) is 16.4 Å². The molecule has 264 valence electrons. The molecule has 2 atom stereocenters. The molecule has 0 aliphatic carbocycles. The molecular weight excluding hydrogens is 646 g/mol. The highest BCUT2D eigenvalue weighted by molar-refractivity contribution is 6.16. The number of carboxylic acid groups (broad SMARTS) is 1. The fourth-order valence-electron chi connectivity index (χ4n) is 6.38. The van der Waals surface area contributed by atoms with Crippen LogP contribution in [0.4, 0.5) is 4.79 Å². The Balaban J connectivity index is 1.48. The number of aryl methyl sites for hydroxylation is 2. The number of nitrogens with two attached hydrogens (primary N) is 1. The van der Waals surface area contributed by atoms with Crippen LogP contribution in [0.2, 0.25) is 0 Å². The average Bonchev–Trinajstić information content (AvgIpc) is 3.63. The van der Waals surface area contributed by atoms with Crippen LogP contribution in [0.3, 0.4) is 0 Å². The summed E-state index contributed by atoms with van der Waals surface area (Å²) in [6.07, 6.45) is 2.93. The van der Waals surface area contributed by atoms with Crippen molar-refractivity contribution in [3.63, 3.8) is 0 Å². The highest BCUT2D eigenvalue weighted by atomic mass is 16.6. The minimum atomic E-state index is -2.34. The van der Waals surface area contributed by atoms with Crippen LogP contribution >= 0.6 is 0 Å². The third kappa shape index (κ3) is 8.17. The molecule has 1 heterocycles. The second-order valence-electron chi connectivity index (χ2n) is 13.6. The van der Waals surface area contributed by atoms with E-state index >= 15 is 0 Å². The fraction of sp³-hybridized carbons (Fsp3) is 0.293.